The minimum atomic E-state index is 0.159. The number of nitrogens with zero attached hydrogens (tertiary/aromatic N) is 1. The molecule has 0 N–H and O–H groups in total. The summed E-state index contributed by atoms with van der Waals surface area (Å²) in [6.45, 7) is 4.64. The molecule has 24 heavy (non-hydrogen) atoms. The van der Waals surface area contributed by atoms with Crippen LogP contribution in [0.25, 0.3) is 0 Å². The molecule has 1 aliphatic heterocycles. The van der Waals surface area contributed by atoms with Crippen molar-refractivity contribution in [1.82, 2.24) is 4.90 Å². The Morgan fingerprint density at radius 3 is 2.62 bits per heavy atom. The molecule has 0 saturated carbocycles. The van der Waals surface area contributed by atoms with Gasteiger partial charge in [-0.2, -0.15) is 0 Å². The molecule has 0 amide bonds. The summed E-state index contributed by atoms with van der Waals surface area (Å²) in [6, 6.07) is 17.5. The first-order valence-corrected chi connectivity index (χ1v) is 8.41. The second kappa shape index (κ2) is 8.62. The van der Waals surface area contributed by atoms with Crippen molar-refractivity contribution in [2.24, 2.45) is 0 Å². The van der Waals surface area contributed by atoms with Crippen LogP contribution in [0.15, 0.2) is 54.6 Å². The highest BCUT2D eigenvalue weighted by atomic mass is 16.5. The van der Waals surface area contributed by atoms with Crippen LogP contribution in [-0.2, 0) is 11.3 Å². The topological polar surface area (TPSA) is 38.8 Å². The van der Waals surface area contributed by atoms with Crippen molar-refractivity contribution < 1.29 is 14.3 Å². The maximum atomic E-state index is 12.4. The molecule has 2 aromatic carbocycles. The molecule has 0 unspecified atom stereocenters. The van der Waals surface area contributed by atoms with E-state index in [1.54, 1.807) is 0 Å². The van der Waals surface area contributed by atoms with Gasteiger partial charge < -0.3 is 9.47 Å². The highest BCUT2D eigenvalue weighted by molar-refractivity contribution is 5.96. The summed E-state index contributed by atoms with van der Waals surface area (Å²) in [5.41, 5.74) is 1.83. The van der Waals surface area contributed by atoms with E-state index in [1.807, 2.05) is 54.6 Å². The molecule has 126 valence electrons. The van der Waals surface area contributed by atoms with E-state index >= 15 is 0 Å². The lowest BCUT2D eigenvalue weighted by Gasteiger charge is -2.26. The predicted molar refractivity (Wildman–Crippen MR) is 93.4 cm³/mol. The van der Waals surface area contributed by atoms with Gasteiger partial charge in [-0.15, -0.1) is 0 Å². The van der Waals surface area contributed by atoms with Crippen molar-refractivity contribution in [2.45, 2.75) is 13.0 Å². The van der Waals surface area contributed by atoms with E-state index in [0.717, 1.165) is 44.2 Å². The summed E-state index contributed by atoms with van der Waals surface area (Å²) in [4.78, 5) is 14.7. The van der Waals surface area contributed by atoms with E-state index in [0.29, 0.717) is 18.6 Å². The lowest BCUT2D eigenvalue weighted by Crippen LogP contribution is -2.37. The third-order valence-corrected chi connectivity index (χ3v) is 4.16. The maximum absolute atomic E-state index is 12.4. The van der Waals surface area contributed by atoms with Crippen LogP contribution in [0.4, 0.5) is 0 Å². The highest BCUT2D eigenvalue weighted by Gasteiger charge is 2.13. The number of morpholine rings is 1. The van der Waals surface area contributed by atoms with Crippen molar-refractivity contribution >= 4 is 5.78 Å². The van der Waals surface area contributed by atoms with Crippen LogP contribution in [0.1, 0.15) is 22.3 Å². The van der Waals surface area contributed by atoms with Crippen molar-refractivity contribution in [3.8, 4) is 5.75 Å². The van der Waals surface area contributed by atoms with Crippen molar-refractivity contribution in [1.29, 1.82) is 0 Å². The number of hydrogen-bond acceptors (Lipinski definition) is 4. The van der Waals surface area contributed by atoms with Crippen LogP contribution >= 0.6 is 0 Å². The molecular weight excluding hydrogens is 302 g/mol. The Balaban J connectivity index is 1.52. The standard InChI is InChI=1S/C20H23NO3/c22-20(9-10-21-11-13-23-14-12-21)18-7-4-8-19(15-18)24-16-17-5-2-1-3-6-17/h1-8,15H,9-14,16H2. The molecule has 4 nitrogen and oxygen atoms in total. The summed E-state index contributed by atoms with van der Waals surface area (Å²) in [7, 11) is 0. The van der Waals surface area contributed by atoms with E-state index < -0.39 is 0 Å². The quantitative estimate of drug-likeness (QED) is 0.733. The fraction of sp³-hybridized carbons (Fsp3) is 0.350. The number of hydrogen-bond donors (Lipinski definition) is 0. The molecule has 1 aliphatic rings. The largest absolute Gasteiger partial charge is 0.489 e. The van der Waals surface area contributed by atoms with Crippen molar-refractivity contribution in [3.63, 3.8) is 0 Å². The van der Waals surface area contributed by atoms with Gasteiger partial charge in [0.05, 0.1) is 13.2 Å². The van der Waals surface area contributed by atoms with Gasteiger partial charge in [0.25, 0.3) is 0 Å². The number of ketones is 1. The van der Waals surface area contributed by atoms with Gasteiger partial charge in [-0.05, 0) is 17.7 Å². The van der Waals surface area contributed by atoms with Crippen LogP contribution in [0, 0.1) is 0 Å². The number of rotatable bonds is 7. The van der Waals surface area contributed by atoms with Crippen LogP contribution < -0.4 is 4.74 Å². The molecule has 2 aromatic rings. The molecule has 0 aliphatic carbocycles. The Morgan fingerprint density at radius 1 is 1.04 bits per heavy atom. The van der Waals surface area contributed by atoms with E-state index in [9.17, 15) is 4.79 Å². The molecule has 3 rings (SSSR count). The normalized spacial score (nSPS) is 15.2. The Labute approximate surface area is 143 Å². The zero-order valence-electron chi connectivity index (χ0n) is 13.8. The van der Waals surface area contributed by atoms with E-state index in [4.69, 9.17) is 9.47 Å². The Kier molecular flexibility index (Phi) is 5.99. The zero-order valence-corrected chi connectivity index (χ0v) is 13.8. The Morgan fingerprint density at radius 2 is 1.83 bits per heavy atom. The molecule has 0 aromatic heterocycles. The molecule has 4 heteroatoms. The summed E-state index contributed by atoms with van der Waals surface area (Å²) >= 11 is 0. The SMILES string of the molecule is O=C(CCN1CCOCC1)c1cccc(OCc2ccccc2)c1. The van der Waals surface area contributed by atoms with E-state index in [1.165, 1.54) is 0 Å². The highest BCUT2D eigenvalue weighted by Crippen LogP contribution is 2.17. The minimum Gasteiger partial charge on any atom is -0.489 e. The molecule has 0 atom stereocenters. The summed E-state index contributed by atoms with van der Waals surface area (Å²) in [6.07, 6.45) is 0.530. The van der Waals surface area contributed by atoms with E-state index in [2.05, 4.69) is 4.90 Å². The predicted octanol–water partition coefficient (Wildman–Crippen LogP) is 3.17. The summed E-state index contributed by atoms with van der Waals surface area (Å²) < 4.78 is 11.1. The average molecular weight is 325 g/mol. The van der Waals surface area contributed by atoms with Gasteiger partial charge in [0.2, 0.25) is 0 Å². The van der Waals surface area contributed by atoms with Gasteiger partial charge in [-0.25, -0.2) is 0 Å². The van der Waals surface area contributed by atoms with Gasteiger partial charge >= 0.3 is 0 Å². The first-order chi connectivity index (χ1) is 11.8. The number of Topliss-reactive ketones (excluding diaryl/α,β-unsaturated/α-hetero) is 1. The monoisotopic (exact) mass is 325 g/mol. The Bertz CT molecular complexity index is 651. The van der Waals surface area contributed by atoms with Gasteiger partial charge in [0.15, 0.2) is 5.78 Å². The summed E-state index contributed by atoms with van der Waals surface area (Å²) in [5.74, 6) is 0.891. The molecule has 1 saturated heterocycles. The van der Waals surface area contributed by atoms with Gasteiger partial charge in [0, 0.05) is 31.6 Å². The van der Waals surface area contributed by atoms with Gasteiger partial charge in [0.1, 0.15) is 12.4 Å². The minimum absolute atomic E-state index is 0.159. The lowest BCUT2D eigenvalue weighted by molar-refractivity contribution is 0.0370. The molecular formula is C20H23NO3. The molecule has 0 spiro atoms. The Hall–Kier alpha value is -2.17. The van der Waals surface area contributed by atoms with Crippen LogP contribution in [0.3, 0.4) is 0 Å². The maximum Gasteiger partial charge on any atom is 0.164 e. The number of benzene rings is 2. The van der Waals surface area contributed by atoms with Crippen LogP contribution in [0.5, 0.6) is 5.75 Å². The smallest absolute Gasteiger partial charge is 0.164 e. The van der Waals surface area contributed by atoms with Crippen LogP contribution in [0.2, 0.25) is 0 Å². The molecule has 0 radical (unpaired) electrons. The lowest BCUT2D eigenvalue weighted by atomic mass is 10.1. The zero-order chi connectivity index (χ0) is 16.6. The van der Waals surface area contributed by atoms with Crippen LogP contribution in [-0.4, -0.2) is 43.5 Å². The number of ether oxygens (including phenoxy) is 2. The second-order valence-electron chi connectivity index (χ2n) is 5.93. The average Bonchev–Trinajstić information content (AvgIpc) is 2.66. The number of carbonyl (C=O) groups excluding carboxylic acids is 1. The molecule has 0 bridgehead atoms. The van der Waals surface area contributed by atoms with Gasteiger partial charge in [-0.3, -0.25) is 9.69 Å². The fourth-order valence-corrected chi connectivity index (χ4v) is 2.73. The third-order valence-electron chi connectivity index (χ3n) is 4.16. The second-order valence-corrected chi connectivity index (χ2v) is 5.93. The van der Waals surface area contributed by atoms with Crippen molar-refractivity contribution in [3.05, 3.63) is 65.7 Å². The van der Waals surface area contributed by atoms with E-state index in [-0.39, 0.29) is 5.78 Å². The fourth-order valence-electron chi connectivity index (χ4n) is 2.73. The third kappa shape index (κ3) is 4.91. The molecule has 1 fully saturated rings. The first-order valence-electron chi connectivity index (χ1n) is 8.41. The van der Waals surface area contributed by atoms with Gasteiger partial charge in [-0.1, -0.05) is 42.5 Å². The van der Waals surface area contributed by atoms with Crippen molar-refractivity contribution in [2.75, 3.05) is 32.8 Å². The summed E-state index contributed by atoms with van der Waals surface area (Å²) in [5, 5.41) is 0. The number of carbonyl (C=O) groups is 1. The first kappa shape index (κ1) is 16.7. The molecule has 1 heterocycles.